The summed E-state index contributed by atoms with van der Waals surface area (Å²) in [6.07, 6.45) is 3.07. The number of rotatable bonds is 5. The zero-order valence-corrected chi connectivity index (χ0v) is 12.4. The van der Waals surface area contributed by atoms with E-state index >= 15 is 0 Å². The van der Waals surface area contributed by atoms with E-state index in [2.05, 4.69) is 27.2 Å². The van der Waals surface area contributed by atoms with Crippen LogP contribution in [0.4, 0.5) is 11.6 Å². The van der Waals surface area contributed by atoms with Crippen LogP contribution in [0.2, 0.25) is 10.0 Å². The second-order valence-corrected chi connectivity index (χ2v) is 4.78. The predicted molar refractivity (Wildman–Crippen MR) is 84.3 cm³/mol. The minimum absolute atomic E-state index is 0.243. The van der Waals surface area contributed by atoms with Gasteiger partial charge in [-0.3, -0.25) is 4.79 Å². The van der Waals surface area contributed by atoms with E-state index in [1.807, 2.05) is 0 Å². The van der Waals surface area contributed by atoms with Gasteiger partial charge in [-0.05, 0) is 18.2 Å². The van der Waals surface area contributed by atoms with Crippen molar-refractivity contribution in [2.24, 2.45) is 0 Å². The largest absolute Gasteiger partial charge is 0.347 e. The van der Waals surface area contributed by atoms with Gasteiger partial charge in [0.15, 0.2) is 0 Å². The van der Waals surface area contributed by atoms with Crippen molar-refractivity contribution in [3.63, 3.8) is 0 Å². The number of anilines is 2. The lowest BCUT2D eigenvalue weighted by Crippen LogP contribution is -2.24. The summed E-state index contributed by atoms with van der Waals surface area (Å²) in [5, 5.41) is 6.35. The Balaban J connectivity index is 2.19. The summed E-state index contributed by atoms with van der Waals surface area (Å²) in [4.78, 5) is 20.0. The molecule has 2 aromatic rings. The van der Waals surface area contributed by atoms with Gasteiger partial charge in [-0.25, -0.2) is 9.97 Å². The summed E-state index contributed by atoms with van der Waals surface area (Å²) < 4.78 is 0. The quantitative estimate of drug-likeness (QED) is 0.827. The molecule has 0 atom stereocenters. The number of halogens is 2. The van der Waals surface area contributed by atoms with E-state index in [4.69, 9.17) is 23.2 Å². The average Bonchev–Trinajstić information content (AvgIpc) is 2.50. The maximum atomic E-state index is 11.8. The molecule has 5 nitrogen and oxygen atoms in total. The first-order valence-corrected chi connectivity index (χ1v) is 6.80. The Kier molecular flexibility index (Phi) is 5.14. The molecular formula is C14H12Cl2N4O. The predicted octanol–water partition coefficient (Wildman–Crippen LogP) is 3.44. The van der Waals surface area contributed by atoms with Crippen molar-refractivity contribution in [3.05, 3.63) is 58.9 Å². The molecule has 1 amide bonds. The lowest BCUT2D eigenvalue weighted by Gasteiger charge is -2.08. The third kappa shape index (κ3) is 3.93. The van der Waals surface area contributed by atoms with Gasteiger partial charge in [0.2, 0.25) is 5.95 Å². The molecule has 2 N–H and O–H groups in total. The van der Waals surface area contributed by atoms with Crippen molar-refractivity contribution in [1.29, 1.82) is 0 Å². The highest BCUT2D eigenvalue weighted by atomic mass is 35.5. The fraction of sp³-hybridized carbons (Fsp3) is 0.0714. The monoisotopic (exact) mass is 322 g/mol. The van der Waals surface area contributed by atoms with Crippen LogP contribution in [-0.2, 0) is 0 Å². The first kappa shape index (κ1) is 15.3. The number of amides is 1. The third-order valence-corrected chi connectivity index (χ3v) is 3.31. The van der Waals surface area contributed by atoms with Crippen molar-refractivity contribution in [2.45, 2.75) is 0 Å². The highest BCUT2D eigenvalue weighted by Gasteiger charge is 2.09. The van der Waals surface area contributed by atoms with Crippen LogP contribution in [0.25, 0.3) is 0 Å². The van der Waals surface area contributed by atoms with E-state index in [0.29, 0.717) is 22.3 Å². The fourth-order valence-electron chi connectivity index (χ4n) is 1.52. The number of nitrogens with zero attached hydrogens (tertiary/aromatic N) is 2. The molecule has 1 heterocycles. The molecular weight excluding hydrogens is 311 g/mol. The van der Waals surface area contributed by atoms with Crippen molar-refractivity contribution in [3.8, 4) is 0 Å². The number of nitrogens with one attached hydrogen (secondary N) is 2. The second kappa shape index (κ2) is 7.06. The average molecular weight is 323 g/mol. The molecule has 0 saturated carbocycles. The van der Waals surface area contributed by atoms with Gasteiger partial charge < -0.3 is 10.6 Å². The number of hydrogen-bond acceptors (Lipinski definition) is 4. The van der Waals surface area contributed by atoms with Gasteiger partial charge in [0.1, 0.15) is 5.69 Å². The molecule has 21 heavy (non-hydrogen) atoms. The van der Waals surface area contributed by atoms with Crippen LogP contribution in [0.3, 0.4) is 0 Å². The summed E-state index contributed by atoms with van der Waals surface area (Å²) in [5.74, 6) is -0.0528. The van der Waals surface area contributed by atoms with Crippen molar-refractivity contribution >= 4 is 40.7 Å². The summed E-state index contributed by atoms with van der Waals surface area (Å²) >= 11 is 12.0. The van der Waals surface area contributed by atoms with Crippen LogP contribution in [0.1, 0.15) is 10.5 Å². The lowest BCUT2D eigenvalue weighted by molar-refractivity contribution is 0.0953. The van der Waals surface area contributed by atoms with Crippen LogP contribution >= 0.6 is 23.2 Å². The van der Waals surface area contributed by atoms with Gasteiger partial charge in [0, 0.05) is 12.7 Å². The Hall–Kier alpha value is -2.11. The SMILES string of the molecule is C=CCNC(=O)c1ccnc(Nc2cccc(Cl)c2Cl)n1. The first-order chi connectivity index (χ1) is 10.1. The lowest BCUT2D eigenvalue weighted by atomic mass is 10.3. The van der Waals surface area contributed by atoms with E-state index in [1.54, 1.807) is 24.3 Å². The van der Waals surface area contributed by atoms with Gasteiger partial charge in [-0.1, -0.05) is 35.3 Å². The maximum Gasteiger partial charge on any atom is 0.270 e. The summed E-state index contributed by atoms with van der Waals surface area (Å²) in [6.45, 7) is 3.90. The molecule has 0 spiro atoms. The van der Waals surface area contributed by atoms with Crippen LogP contribution < -0.4 is 10.6 Å². The van der Waals surface area contributed by atoms with Crippen LogP contribution in [0.5, 0.6) is 0 Å². The van der Waals surface area contributed by atoms with Gasteiger partial charge in [-0.15, -0.1) is 6.58 Å². The van der Waals surface area contributed by atoms with Crippen molar-refractivity contribution < 1.29 is 4.79 Å². The highest BCUT2D eigenvalue weighted by molar-refractivity contribution is 6.43. The number of aromatic nitrogens is 2. The van der Waals surface area contributed by atoms with E-state index in [9.17, 15) is 4.79 Å². The molecule has 0 fully saturated rings. The van der Waals surface area contributed by atoms with Crippen LogP contribution in [-0.4, -0.2) is 22.4 Å². The summed E-state index contributed by atoms with van der Waals surface area (Å²) in [7, 11) is 0. The molecule has 1 aromatic heterocycles. The minimum Gasteiger partial charge on any atom is -0.347 e. The number of hydrogen-bond donors (Lipinski definition) is 2. The van der Waals surface area contributed by atoms with E-state index in [-0.39, 0.29) is 17.5 Å². The molecule has 0 aliphatic heterocycles. The minimum atomic E-state index is -0.308. The van der Waals surface area contributed by atoms with Gasteiger partial charge in [0.05, 0.1) is 15.7 Å². The molecule has 0 radical (unpaired) electrons. The molecule has 108 valence electrons. The first-order valence-electron chi connectivity index (χ1n) is 6.05. The number of carbonyl (C=O) groups is 1. The van der Waals surface area contributed by atoms with Crippen molar-refractivity contribution in [1.82, 2.24) is 15.3 Å². The molecule has 0 aliphatic rings. The topological polar surface area (TPSA) is 66.9 Å². The Morgan fingerprint density at radius 2 is 2.14 bits per heavy atom. The number of benzene rings is 1. The second-order valence-electron chi connectivity index (χ2n) is 3.99. The standard InChI is InChI=1S/C14H12Cl2N4O/c1-2-7-17-13(21)11-6-8-18-14(20-11)19-10-5-3-4-9(15)12(10)16/h2-6,8H,1,7H2,(H,17,21)(H,18,19,20). The Labute approximate surface area is 132 Å². The Morgan fingerprint density at radius 3 is 2.90 bits per heavy atom. The molecule has 0 saturated heterocycles. The zero-order valence-electron chi connectivity index (χ0n) is 10.9. The summed E-state index contributed by atoms with van der Waals surface area (Å²) in [6, 6.07) is 6.68. The molecule has 2 rings (SSSR count). The van der Waals surface area contributed by atoms with E-state index in [0.717, 1.165) is 0 Å². The molecule has 1 aromatic carbocycles. The Bertz CT molecular complexity index is 676. The fourth-order valence-corrected chi connectivity index (χ4v) is 1.87. The normalized spacial score (nSPS) is 10.0. The molecule has 0 unspecified atom stereocenters. The van der Waals surface area contributed by atoms with Gasteiger partial charge in [0.25, 0.3) is 5.91 Å². The van der Waals surface area contributed by atoms with Gasteiger partial charge in [-0.2, -0.15) is 0 Å². The number of carbonyl (C=O) groups excluding carboxylic acids is 1. The smallest absolute Gasteiger partial charge is 0.270 e. The highest BCUT2D eigenvalue weighted by Crippen LogP contribution is 2.30. The van der Waals surface area contributed by atoms with Crippen molar-refractivity contribution in [2.75, 3.05) is 11.9 Å². The summed E-state index contributed by atoms with van der Waals surface area (Å²) in [5.41, 5.74) is 0.806. The van der Waals surface area contributed by atoms with Crippen LogP contribution in [0, 0.1) is 0 Å². The zero-order chi connectivity index (χ0) is 15.2. The van der Waals surface area contributed by atoms with E-state index < -0.39 is 0 Å². The third-order valence-electron chi connectivity index (χ3n) is 2.49. The Morgan fingerprint density at radius 1 is 1.33 bits per heavy atom. The van der Waals surface area contributed by atoms with Gasteiger partial charge >= 0.3 is 0 Å². The molecule has 0 bridgehead atoms. The maximum absolute atomic E-state index is 11.8. The molecule has 7 heteroatoms. The molecule has 0 aliphatic carbocycles. The van der Waals surface area contributed by atoms with Crippen LogP contribution in [0.15, 0.2) is 43.1 Å². The van der Waals surface area contributed by atoms with E-state index in [1.165, 1.54) is 12.3 Å².